The zero-order valence-corrected chi connectivity index (χ0v) is 12.2. The summed E-state index contributed by atoms with van der Waals surface area (Å²) in [5, 5.41) is 0. The quantitative estimate of drug-likeness (QED) is 0.491. The molecule has 0 atom stereocenters. The Morgan fingerprint density at radius 3 is 2.05 bits per heavy atom. The SMILES string of the molecule is C=CC1CCC(C2CCC(OCCCF)CC2)CC1. The second kappa shape index (κ2) is 8.04. The summed E-state index contributed by atoms with van der Waals surface area (Å²) in [5.41, 5.74) is 0. The molecule has 0 aromatic rings. The van der Waals surface area contributed by atoms with Crippen molar-refractivity contribution in [3.05, 3.63) is 12.7 Å². The lowest BCUT2D eigenvalue weighted by molar-refractivity contribution is 0.00504. The van der Waals surface area contributed by atoms with Crippen molar-refractivity contribution >= 4 is 0 Å². The van der Waals surface area contributed by atoms with E-state index in [4.69, 9.17) is 4.74 Å². The van der Waals surface area contributed by atoms with Crippen molar-refractivity contribution in [3.8, 4) is 0 Å². The Morgan fingerprint density at radius 1 is 0.947 bits per heavy atom. The minimum absolute atomic E-state index is 0.248. The number of rotatable bonds is 6. The molecule has 0 heterocycles. The van der Waals surface area contributed by atoms with E-state index >= 15 is 0 Å². The molecule has 0 spiro atoms. The van der Waals surface area contributed by atoms with E-state index in [0.717, 1.165) is 17.8 Å². The molecule has 0 bridgehead atoms. The van der Waals surface area contributed by atoms with Gasteiger partial charge in [-0.05, 0) is 75.5 Å². The van der Waals surface area contributed by atoms with Gasteiger partial charge in [-0.15, -0.1) is 6.58 Å². The minimum Gasteiger partial charge on any atom is -0.378 e. The van der Waals surface area contributed by atoms with Crippen molar-refractivity contribution < 1.29 is 9.13 Å². The van der Waals surface area contributed by atoms with E-state index in [1.54, 1.807) is 0 Å². The third kappa shape index (κ3) is 4.59. The highest BCUT2D eigenvalue weighted by molar-refractivity contribution is 4.87. The topological polar surface area (TPSA) is 9.23 Å². The first-order valence-corrected chi connectivity index (χ1v) is 8.13. The van der Waals surface area contributed by atoms with Crippen LogP contribution in [0.25, 0.3) is 0 Å². The fraction of sp³-hybridized carbons (Fsp3) is 0.882. The van der Waals surface area contributed by atoms with E-state index < -0.39 is 0 Å². The maximum absolute atomic E-state index is 12.0. The first kappa shape index (κ1) is 15.0. The van der Waals surface area contributed by atoms with Gasteiger partial charge in [0.1, 0.15) is 0 Å². The van der Waals surface area contributed by atoms with E-state index in [1.165, 1.54) is 51.4 Å². The predicted molar refractivity (Wildman–Crippen MR) is 77.9 cm³/mol. The molecule has 1 nitrogen and oxygen atoms in total. The number of hydrogen-bond donors (Lipinski definition) is 0. The minimum atomic E-state index is -0.248. The maximum Gasteiger partial charge on any atom is 0.0916 e. The lowest BCUT2D eigenvalue weighted by atomic mass is 9.70. The molecule has 110 valence electrons. The molecular weight excluding hydrogens is 239 g/mol. The van der Waals surface area contributed by atoms with Crippen LogP contribution in [0.1, 0.15) is 57.8 Å². The highest BCUT2D eigenvalue weighted by Gasteiger charge is 2.30. The van der Waals surface area contributed by atoms with Crippen LogP contribution in [0.15, 0.2) is 12.7 Å². The Bertz CT molecular complexity index is 250. The lowest BCUT2D eigenvalue weighted by Crippen LogP contribution is -2.28. The smallest absolute Gasteiger partial charge is 0.0916 e. The summed E-state index contributed by atoms with van der Waals surface area (Å²) in [5.74, 6) is 2.64. The van der Waals surface area contributed by atoms with Crippen molar-refractivity contribution in [2.75, 3.05) is 13.3 Å². The number of hydrogen-bond acceptors (Lipinski definition) is 1. The van der Waals surface area contributed by atoms with Crippen molar-refractivity contribution in [2.45, 2.75) is 63.9 Å². The summed E-state index contributed by atoms with van der Waals surface area (Å²) < 4.78 is 17.8. The number of alkyl halides is 1. The molecule has 0 radical (unpaired) electrons. The average Bonchev–Trinajstić information content (AvgIpc) is 2.48. The summed E-state index contributed by atoms with van der Waals surface area (Å²) in [6, 6.07) is 0. The molecular formula is C17H29FO. The van der Waals surface area contributed by atoms with Gasteiger partial charge < -0.3 is 4.74 Å². The summed E-state index contributed by atoms with van der Waals surface area (Å²) >= 11 is 0. The van der Waals surface area contributed by atoms with E-state index in [9.17, 15) is 4.39 Å². The number of ether oxygens (including phenoxy) is 1. The summed E-state index contributed by atoms with van der Waals surface area (Å²) in [7, 11) is 0. The molecule has 19 heavy (non-hydrogen) atoms. The van der Waals surface area contributed by atoms with Gasteiger partial charge in [0.15, 0.2) is 0 Å². The zero-order valence-electron chi connectivity index (χ0n) is 12.2. The lowest BCUT2D eigenvalue weighted by Gasteiger charge is -2.37. The predicted octanol–water partition coefficient (Wildman–Crippen LogP) is 4.91. The number of halogens is 1. The number of allylic oxidation sites excluding steroid dienone is 1. The maximum atomic E-state index is 12.0. The van der Waals surface area contributed by atoms with Gasteiger partial charge in [-0.3, -0.25) is 4.39 Å². The van der Waals surface area contributed by atoms with Gasteiger partial charge in [0.25, 0.3) is 0 Å². The van der Waals surface area contributed by atoms with Gasteiger partial charge >= 0.3 is 0 Å². The van der Waals surface area contributed by atoms with E-state index in [1.807, 2.05) is 0 Å². The Balaban J connectivity index is 1.64. The fourth-order valence-corrected chi connectivity index (χ4v) is 3.88. The third-order valence-corrected chi connectivity index (χ3v) is 5.17. The zero-order chi connectivity index (χ0) is 13.5. The fourth-order valence-electron chi connectivity index (χ4n) is 3.88. The van der Waals surface area contributed by atoms with E-state index in [2.05, 4.69) is 12.7 Å². The van der Waals surface area contributed by atoms with Gasteiger partial charge in [-0.1, -0.05) is 6.08 Å². The van der Waals surface area contributed by atoms with Crippen LogP contribution in [-0.2, 0) is 4.74 Å². The van der Waals surface area contributed by atoms with Crippen LogP contribution in [0.3, 0.4) is 0 Å². The van der Waals surface area contributed by atoms with Crippen molar-refractivity contribution in [1.82, 2.24) is 0 Å². The van der Waals surface area contributed by atoms with Crippen molar-refractivity contribution in [1.29, 1.82) is 0 Å². The monoisotopic (exact) mass is 268 g/mol. The molecule has 2 aliphatic carbocycles. The van der Waals surface area contributed by atoms with E-state index in [0.29, 0.717) is 19.1 Å². The van der Waals surface area contributed by atoms with Gasteiger partial charge in [-0.2, -0.15) is 0 Å². The highest BCUT2D eigenvalue weighted by atomic mass is 19.1. The normalized spacial score (nSPS) is 36.1. The van der Waals surface area contributed by atoms with Crippen LogP contribution in [0.2, 0.25) is 0 Å². The Kier molecular flexibility index (Phi) is 6.36. The van der Waals surface area contributed by atoms with Gasteiger partial charge in [-0.25, -0.2) is 0 Å². The van der Waals surface area contributed by atoms with E-state index in [-0.39, 0.29) is 6.67 Å². The molecule has 2 saturated carbocycles. The average molecular weight is 268 g/mol. The molecule has 0 aromatic carbocycles. The molecule has 2 rings (SSSR count). The second-order valence-electron chi connectivity index (χ2n) is 6.36. The summed E-state index contributed by atoms with van der Waals surface area (Å²) in [4.78, 5) is 0. The summed E-state index contributed by atoms with van der Waals surface area (Å²) in [6.45, 7) is 4.28. The van der Waals surface area contributed by atoms with Crippen LogP contribution < -0.4 is 0 Å². The molecule has 0 N–H and O–H groups in total. The van der Waals surface area contributed by atoms with Gasteiger partial charge in [0.05, 0.1) is 12.8 Å². The van der Waals surface area contributed by atoms with Gasteiger partial charge in [0, 0.05) is 6.61 Å². The van der Waals surface area contributed by atoms with Crippen LogP contribution in [0.5, 0.6) is 0 Å². The molecule has 0 amide bonds. The standard InChI is InChI=1S/C17H29FO/c1-2-14-4-6-15(7-5-14)16-8-10-17(11-9-16)19-13-3-12-18/h2,14-17H,1,3-13H2. The molecule has 0 unspecified atom stereocenters. The first-order valence-electron chi connectivity index (χ1n) is 8.13. The Morgan fingerprint density at radius 2 is 1.53 bits per heavy atom. The molecule has 0 aliphatic heterocycles. The second-order valence-corrected chi connectivity index (χ2v) is 6.36. The molecule has 0 aromatic heterocycles. The van der Waals surface area contributed by atoms with Crippen LogP contribution >= 0.6 is 0 Å². The molecule has 2 fully saturated rings. The largest absolute Gasteiger partial charge is 0.378 e. The van der Waals surface area contributed by atoms with Crippen LogP contribution in [-0.4, -0.2) is 19.4 Å². The molecule has 2 heteroatoms. The highest BCUT2D eigenvalue weighted by Crippen LogP contribution is 2.40. The van der Waals surface area contributed by atoms with Gasteiger partial charge in [0.2, 0.25) is 0 Å². The Hall–Kier alpha value is -0.370. The van der Waals surface area contributed by atoms with Crippen LogP contribution in [0, 0.1) is 17.8 Å². The third-order valence-electron chi connectivity index (χ3n) is 5.17. The molecule has 0 saturated heterocycles. The summed E-state index contributed by atoms with van der Waals surface area (Å²) in [6.07, 6.45) is 13.6. The van der Waals surface area contributed by atoms with Crippen molar-refractivity contribution in [3.63, 3.8) is 0 Å². The Labute approximate surface area is 117 Å². The van der Waals surface area contributed by atoms with Crippen molar-refractivity contribution in [2.24, 2.45) is 17.8 Å². The molecule has 2 aliphatic rings. The first-order chi connectivity index (χ1) is 9.33. The van der Waals surface area contributed by atoms with Crippen LogP contribution in [0.4, 0.5) is 4.39 Å².